The van der Waals surface area contributed by atoms with Crippen LogP contribution >= 0.6 is 0 Å². The molecular weight excluding hydrogens is 290 g/mol. The van der Waals surface area contributed by atoms with Gasteiger partial charge in [0.15, 0.2) is 0 Å². The van der Waals surface area contributed by atoms with Gasteiger partial charge in [-0.2, -0.15) is 0 Å². The van der Waals surface area contributed by atoms with Crippen molar-refractivity contribution in [2.75, 3.05) is 0 Å². The molecule has 0 fully saturated rings. The Kier molecular flexibility index (Phi) is 2.91. The Morgan fingerprint density at radius 2 is 1.91 bits per heavy atom. The average molecular weight is 303 g/mol. The number of benzene rings is 2. The van der Waals surface area contributed by atoms with Crippen molar-refractivity contribution in [2.24, 2.45) is 0 Å². The molecule has 2 N–H and O–H groups in total. The fourth-order valence-corrected chi connectivity index (χ4v) is 3.03. The summed E-state index contributed by atoms with van der Waals surface area (Å²) < 4.78 is 0. The van der Waals surface area contributed by atoms with E-state index in [0.717, 1.165) is 27.6 Å². The van der Waals surface area contributed by atoms with Gasteiger partial charge in [-0.3, -0.25) is 4.79 Å². The summed E-state index contributed by atoms with van der Waals surface area (Å²) in [5.41, 5.74) is 4.40. The molecule has 1 aliphatic rings. The molecular formula is C19H13NO3. The molecule has 23 heavy (non-hydrogen) atoms. The van der Waals surface area contributed by atoms with Crippen LogP contribution in [0.2, 0.25) is 0 Å². The number of fused-ring (bicyclic) bond motifs is 2. The number of hydrogen-bond acceptors (Lipinski definition) is 2. The van der Waals surface area contributed by atoms with E-state index in [2.05, 4.69) is 4.98 Å². The van der Waals surface area contributed by atoms with E-state index in [1.807, 2.05) is 42.5 Å². The number of aromatic amines is 1. The molecule has 1 aromatic heterocycles. The number of pyridine rings is 1. The summed E-state index contributed by atoms with van der Waals surface area (Å²) in [6.07, 6.45) is 2.54. The number of carboxylic acids is 1. The lowest BCUT2D eigenvalue weighted by Crippen LogP contribution is -2.11. The van der Waals surface area contributed by atoms with Crippen LogP contribution in [0.5, 0.6) is 0 Å². The predicted molar refractivity (Wildman–Crippen MR) is 89.5 cm³/mol. The van der Waals surface area contributed by atoms with Crippen molar-refractivity contribution in [3.05, 3.63) is 81.1 Å². The van der Waals surface area contributed by atoms with E-state index in [9.17, 15) is 9.59 Å². The first-order valence-corrected chi connectivity index (χ1v) is 7.31. The third-order valence-corrected chi connectivity index (χ3v) is 4.20. The van der Waals surface area contributed by atoms with Gasteiger partial charge in [-0.15, -0.1) is 0 Å². The summed E-state index contributed by atoms with van der Waals surface area (Å²) in [7, 11) is 0. The van der Waals surface area contributed by atoms with Gasteiger partial charge in [0.25, 0.3) is 5.56 Å². The molecule has 1 heterocycles. The highest BCUT2D eigenvalue weighted by Gasteiger charge is 2.18. The summed E-state index contributed by atoms with van der Waals surface area (Å²) in [4.78, 5) is 26.3. The van der Waals surface area contributed by atoms with Crippen molar-refractivity contribution < 1.29 is 9.90 Å². The third kappa shape index (κ3) is 2.25. The number of para-hydroxylation sites is 1. The van der Waals surface area contributed by atoms with Crippen LogP contribution in [-0.2, 0) is 6.42 Å². The Balaban J connectivity index is 1.83. The Bertz CT molecular complexity index is 1040. The molecule has 0 saturated heterocycles. The number of nitrogens with one attached hydrogen (secondary N) is 1. The first kappa shape index (κ1) is 13.5. The van der Waals surface area contributed by atoms with E-state index in [1.54, 1.807) is 12.1 Å². The van der Waals surface area contributed by atoms with Gasteiger partial charge in [0.1, 0.15) is 0 Å². The average Bonchev–Trinajstić information content (AvgIpc) is 2.96. The fourth-order valence-electron chi connectivity index (χ4n) is 3.03. The van der Waals surface area contributed by atoms with Crippen LogP contribution in [0.15, 0.2) is 53.3 Å². The van der Waals surface area contributed by atoms with Gasteiger partial charge in [-0.25, -0.2) is 4.79 Å². The zero-order chi connectivity index (χ0) is 16.0. The van der Waals surface area contributed by atoms with Crippen molar-refractivity contribution in [1.82, 2.24) is 4.98 Å². The van der Waals surface area contributed by atoms with Crippen LogP contribution in [0.3, 0.4) is 0 Å². The highest BCUT2D eigenvalue weighted by molar-refractivity contribution is 5.94. The molecule has 0 spiro atoms. The third-order valence-electron chi connectivity index (χ3n) is 4.20. The normalized spacial score (nSPS) is 13.0. The van der Waals surface area contributed by atoms with Gasteiger partial charge in [0.05, 0.1) is 5.56 Å². The first-order valence-electron chi connectivity index (χ1n) is 7.31. The van der Waals surface area contributed by atoms with Crippen LogP contribution in [0, 0.1) is 0 Å². The summed E-state index contributed by atoms with van der Waals surface area (Å²) in [6, 6.07) is 14.6. The minimum Gasteiger partial charge on any atom is -0.478 e. The van der Waals surface area contributed by atoms with E-state index >= 15 is 0 Å². The van der Waals surface area contributed by atoms with Crippen molar-refractivity contribution in [2.45, 2.75) is 6.42 Å². The Hall–Kier alpha value is -3.14. The second-order valence-corrected chi connectivity index (χ2v) is 5.66. The second-order valence-electron chi connectivity index (χ2n) is 5.66. The summed E-state index contributed by atoms with van der Waals surface area (Å²) in [6.45, 7) is 0. The Morgan fingerprint density at radius 1 is 1.09 bits per heavy atom. The number of carboxylic acid groups (broad SMARTS) is 1. The lowest BCUT2D eigenvalue weighted by Gasteiger charge is -2.04. The fraction of sp³-hybridized carbons (Fsp3) is 0.0526. The lowest BCUT2D eigenvalue weighted by molar-refractivity contribution is 0.0697. The number of hydrogen-bond donors (Lipinski definition) is 2. The summed E-state index contributed by atoms with van der Waals surface area (Å²) in [5.74, 6) is -0.946. The van der Waals surface area contributed by atoms with E-state index in [-0.39, 0.29) is 11.1 Å². The molecule has 2 aromatic carbocycles. The maximum Gasteiger partial charge on any atom is 0.335 e. The van der Waals surface area contributed by atoms with Gasteiger partial charge < -0.3 is 10.1 Å². The van der Waals surface area contributed by atoms with Crippen LogP contribution in [0.4, 0.5) is 0 Å². The van der Waals surface area contributed by atoms with Gasteiger partial charge in [-0.05, 0) is 52.8 Å². The quantitative estimate of drug-likeness (QED) is 0.763. The van der Waals surface area contributed by atoms with E-state index < -0.39 is 5.97 Å². The molecule has 0 aliphatic heterocycles. The largest absolute Gasteiger partial charge is 0.478 e. The minimum absolute atomic E-state index is 0.124. The molecule has 0 bridgehead atoms. The molecule has 0 saturated carbocycles. The van der Waals surface area contributed by atoms with Gasteiger partial charge in [0, 0.05) is 11.1 Å². The SMILES string of the molecule is O=C(O)c1ccc2c(c1)C=C(c1cc3ccccc3[nH]c1=O)C2. The molecule has 3 aromatic rings. The number of aromatic carboxylic acids is 1. The zero-order valence-electron chi connectivity index (χ0n) is 12.2. The predicted octanol–water partition coefficient (Wildman–Crippen LogP) is 3.32. The number of H-pyrrole nitrogens is 1. The summed E-state index contributed by atoms with van der Waals surface area (Å²) in [5, 5.41) is 10.1. The maximum atomic E-state index is 12.4. The monoisotopic (exact) mass is 303 g/mol. The van der Waals surface area contributed by atoms with Crippen LogP contribution in [0.25, 0.3) is 22.6 Å². The molecule has 0 amide bonds. The van der Waals surface area contributed by atoms with E-state index in [1.165, 1.54) is 0 Å². The van der Waals surface area contributed by atoms with Crippen molar-refractivity contribution in [3.8, 4) is 0 Å². The zero-order valence-corrected chi connectivity index (χ0v) is 12.2. The highest BCUT2D eigenvalue weighted by Crippen LogP contribution is 2.31. The van der Waals surface area contributed by atoms with Crippen molar-refractivity contribution in [1.29, 1.82) is 0 Å². The molecule has 1 aliphatic carbocycles. The summed E-state index contributed by atoms with van der Waals surface area (Å²) >= 11 is 0. The molecule has 0 radical (unpaired) electrons. The number of allylic oxidation sites excluding steroid dienone is 1. The molecule has 4 nitrogen and oxygen atoms in total. The van der Waals surface area contributed by atoms with Gasteiger partial charge >= 0.3 is 5.97 Å². The molecule has 0 unspecified atom stereocenters. The maximum absolute atomic E-state index is 12.4. The number of carbonyl (C=O) groups is 1. The van der Waals surface area contributed by atoms with Crippen LogP contribution in [0.1, 0.15) is 27.0 Å². The standard InChI is InChI=1S/C19H13NO3/c21-18-16(10-12-3-1-2-4-17(12)20-18)15-7-11-5-6-13(19(22)23)8-14(11)9-15/h1-6,8-10H,7H2,(H,20,21)(H,22,23). The molecule has 0 atom stereocenters. The van der Waals surface area contributed by atoms with E-state index in [4.69, 9.17) is 5.11 Å². The highest BCUT2D eigenvalue weighted by atomic mass is 16.4. The second kappa shape index (κ2) is 4.95. The topological polar surface area (TPSA) is 70.2 Å². The Labute approximate surface area is 131 Å². The molecule has 4 rings (SSSR count). The number of aromatic nitrogens is 1. The van der Waals surface area contributed by atoms with Crippen LogP contribution < -0.4 is 5.56 Å². The number of rotatable bonds is 2. The van der Waals surface area contributed by atoms with Crippen LogP contribution in [-0.4, -0.2) is 16.1 Å². The Morgan fingerprint density at radius 3 is 2.74 bits per heavy atom. The van der Waals surface area contributed by atoms with Crippen molar-refractivity contribution in [3.63, 3.8) is 0 Å². The smallest absolute Gasteiger partial charge is 0.335 e. The van der Waals surface area contributed by atoms with E-state index in [0.29, 0.717) is 12.0 Å². The lowest BCUT2D eigenvalue weighted by atomic mass is 10.0. The minimum atomic E-state index is -0.946. The molecule has 4 heteroatoms. The van der Waals surface area contributed by atoms with Gasteiger partial charge in [0.2, 0.25) is 0 Å². The molecule has 112 valence electrons. The van der Waals surface area contributed by atoms with Crippen molar-refractivity contribution >= 4 is 28.5 Å². The first-order chi connectivity index (χ1) is 11.1. The van der Waals surface area contributed by atoms with Gasteiger partial charge in [-0.1, -0.05) is 30.3 Å².